The highest BCUT2D eigenvalue weighted by atomic mass is 16.5. The van der Waals surface area contributed by atoms with Crippen LogP contribution in [0.1, 0.15) is 59.2 Å². The van der Waals surface area contributed by atoms with E-state index in [0.717, 1.165) is 62.1 Å². The van der Waals surface area contributed by atoms with Gasteiger partial charge in [-0.3, -0.25) is 4.79 Å². The van der Waals surface area contributed by atoms with Gasteiger partial charge in [-0.25, -0.2) is 9.97 Å². The molecule has 0 aromatic carbocycles. The monoisotopic (exact) mass is 298 g/mol. The van der Waals surface area contributed by atoms with E-state index in [1.165, 1.54) is 6.33 Å². The van der Waals surface area contributed by atoms with Crippen molar-refractivity contribution in [3.8, 4) is 0 Å². The van der Waals surface area contributed by atoms with Gasteiger partial charge in [0.1, 0.15) is 12.1 Å². The Labute approximate surface area is 128 Å². The summed E-state index contributed by atoms with van der Waals surface area (Å²) in [5, 5.41) is 4.07. The third-order valence-corrected chi connectivity index (χ3v) is 4.61. The summed E-state index contributed by atoms with van der Waals surface area (Å²) in [6, 6.07) is 1.90. The van der Waals surface area contributed by atoms with Gasteiger partial charge in [-0.15, -0.1) is 0 Å². The van der Waals surface area contributed by atoms with E-state index in [2.05, 4.69) is 15.1 Å². The van der Waals surface area contributed by atoms with Gasteiger partial charge in [0, 0.05) is 24.7 Å². The number of amides is 1. The molecule has 1 aliphatic carbocycles. The first kappa shape index (κ1) is 13.4. The number of likely N-dealkylation sites (tertiary alicyclic amines) is 1. The Morgan fingerprint density at radius 1 is 1.27 bits per heavy atom. The van der Waals surface area contributed by atoms with Crippen molar-refractivity contribution in [2.75, 3.05) is 6.54 Å². The first-order valence-corrected chi connectivity index (χ1v) is 7.89. The molecule has 2 aromatic rings. The molecule has 1 atom stereocenters. The van der Waals surface area contributed by atoms with Crippen LogP contribution < -0.4 is 0 Å². The van der Waals surface area contributed by atoms with E-state index >= 15 is 0 Å². The topological polar surface area (TPSA) is 72.1 Å². The number of fused-ring (bicyclic) bond motifs is 1. The summed E-state index contributed by atoms with van der Waals surface area (Å²) in [5.41, 5.74) is 2.43. The number of aromatic nitrogens is 3. The molecule has 3 heterocycles. The third-order valence-electron chi connectivity index (χ3n) is 4.61. The maximum absolute atomic E-state index is 12.9. The summed E-state index contributed by atoms with van der Waals surface area (Å²) in [7, 11) is 0. The second-order valence-electron chi connectivity index (χ2n) is 5.93. The Balaban J connectivity index is 1.63. The lowest BCUT2D eigenvalue weighted by Crippen LogP contribution is -2.32. The van der Waals surface area contributed by atoms with E-state index < -0.39 is 0 Å². The van der Waals surface area contributed by atoms with E-state index in [1.54, 1.807) is 6.20 Å². The van der Waals surface area contributed by atoms with Gasteiger partial charge in [-0.05, 0) is 38.2 Å². The van der Waals surface area contributed by atoms with Crippen molar-refractivity contribution in [2.24, 2.45) is 0 Å². The fourth-order valence-electron chi connectivity index (χ4n) is 3.50. The van der Waals surface area contributed by atoms with Crippen LogP contribution in [0.2, 0.25) is 0 Å². The molecule has 0 unspecified atom stereocenters. The molecular formula is C16H18N4O2. The number of hydrogen-bond donors (Lipinski definition) is 0. The predicted octanol–water partition coefficient (Wildman–Crippen LogP) is 2.32. The van der Waals surface area contributed by atoms with Crippen LogP contribution in [0.15, 0.2) is 23.1 Å². The second kappa shape index (κ2) is 5.51. The minimum Gasteiger partial charge on any atom is -0.360 e. The highest BCUT2D eigenvalue weighted by Gasteiger charge is 2.35. The minimum absolute atomic E-state index is 0.0199. The molecule has 0 N–H and O–H groups in total. The summed E-state index contributed by atoms with van der Waals surface area (Å²) < 4.78 is 5.39. The SMILES string of the molecule is O=C(c1noc2c1CCCC2)N1CCC[C@H]1c1ccncn1. The van der Waals surface area contributed by atoms with Crippen LogP contribution in [-0.2, 0) is 12.8 Å². The molecule has 6 heteroatoms. The zero-order chi connectivity index (χ0) is 14.9. The molecule has 0 spiro atoms. The zero-order valence-electron chi connectivity index (χ0n) is 12.4. The van der Waals surface area contributed by atoms with E-state index in [1.807, 2.05) is 11.0 Å². The second-order valence-corrected chi connectivity index (χ2v) is 5.93. The first-order chi connectivity index (χ1) is 10.8. The summed E-state index contributed by atoms with van der Waals surface area (Å²) in [6.45, 7) is 0.745. The molecule has 0 radical (unpaired) electrons. The average Bonchev–Trinajstić information content (AvgIpc) is 3.22. The lowest BCUT2D eigenvalue weighted by atomic mass is 9.96. The standard InChI is InChI=1S/C16H18N4O2/c21-16(15-11-4-1-2-6-14(11)22-19-15)20-9-3-5-13(20)12-7-8-17-10-18-12/h7-8,10,13H,1-6,9H2/t13-/m0/s1. The van der Waals surface area contributed by atoms with Gasteiger partial charge in [0.05, 0.1) is 11.7 Å². The van der Waals surface area contributed by atoms with Crippen LogP contribution in [-0.4, -0.2) is 32.5 Å². The van der Waals surface area contributed by atoms with Crippen molar-refractivity contribution in [1.29, 1.82) is 0 Å². The van der Waals surface area contributed by atoms with Crippen molar-refractivity contribution >= 4 is 5.91 Å². The fraction of sp³-hybridized carbons (Fsp3) is 0.500. The third kappa shape index (κ3) is 2.19. The molecule has 1 saturated heterocycles. The molecular weight excluding hydrogens is 280 g/mol. The van der Waals surface area contributed by atoms with Gasteiger partial charge in [-0.1, -0.05) is 5.16 Å². The Hall–Kier alpha value is -2.24. The van der Waals surface area contributed by atoms with Crippen LogP contribution in [0.5, 0.6) is 0 Å². The van der Waals surface area contributed by atoms with Crippen LogP contribution in [0.25, 0.3) is 0 Å². The summed E-state index contributed by atoms with van der Waals surface area (Å²) in [6.07, 6.45) is 9.18. The van der Waals surface area contributed by atoms with E-state index in [-0.39, 0.29) is 11.9 Å². The zero-order valence-corrected chi connectivity index (χ0v) is 12.4. The Bertz CT molecular complexity index is 683. The van der Waals surface area contributed by atoms with Crippen molar-refractivity contribution < 1.29 is 9.32 Å². The van der Waals surface area contributed by atoms with E-state index in [0.29, 0.717) is 5.69 Å². The highest BCUT2D eigenvalue weighted by molar-refractivity contribution is 5.94. The van der Waals surface area contributed by atoms with Gasteiger partial charge >= 0.3 is 0 Å². The van der Waals surface area contributed by atoms with E-state index in [4.69, 9.17) is 4.52 Å². The van der Waals surface area contributed by atoms with Crippen LogP contribution >= 0.6 is 0 Å². The van der Waals surface area contributed by atoms with Crippen molar-refractivity contribution in [1.82, 2.24) is 20.0 Å². The van der Waals surface area contributed by atoms with Gasteiger partial charge in [0.25, 0.3) is 5.91 Å². The Morgan fingerprint density at radius 2 is 2.18 bits per heavy atom. The fourth-order valence-corrected chi connectivity index (χ4v) is 3.50. The summed E-state index contributed by atoms with van der Waals surface area (Å²) in [5.74, 6) is 0.875. The maximum atomic E-state index is 12.9. The van der Waals surface area contributed by atoms with Gasteiger partial charge in [0.15, 0.2) is 5.69 Å². The highest BCUT2D eigenvalue weighted by Crippen LogP contribution is 2.33. The van der Waals surface area contributed by atoms with Crippen molar-refractivity contribution in [3.05, 3.63) is 41.3 Å². The number of rotatable bonds is 2. The molecule has 6 nitrogen and oxygen atoms in total. The van der Waals surface area contributed by atoms with Gasteiger partial charge < -0.3 is 9.42 Å². The predicted molar refractivity (Wildman–Crippen MR) is 78.2 cm³/mol. The van der Waals surface area contributed by atoms with Crippen LogP contribution in [0.4, 0.5) is 0 Å². The number of carbonyl (C=O) groups excluding carboxylic acids is 1. The summed E-state index contributed by atoms with van der Waals surface area (Å²) >= 11 is 0. The van der Waals surface area contributed by atoms with Crippen molar-refractivity contribution in [2.45, 2.75) is 44.6 Å². The number of carbonyl (C=O) groups is 1. The minimum atomic E-state index is -0.0204. The van der Waals surface area contributed by atoms with Gasteiger partial charge in [0.2, 0.25) is 0 Å². The molecule has 2 aromatic heterocycles. The Kier molecular flexibility index (Phi) is 3.36. The molecule has 1 amide bonds. The lowest BCUT2D eigenvalue weighted by Gasteiger charge is -2.23. The van der Waals surface area contributed by atoms with E-state index in [9.17, 15) is 4.79 Å². The number of nitrogens with zero attached hydrogens (tertiary/aromatic N) is 4. The molecule has 114 valence electrons. The van der Waals surface area contributed by atoms with Gasteiger partial charge in [-0.2, -0.15) is 0 Å². The number of hydrogen-bond acceptors (Lipinski definition) is 5. The smallest absolute Gasteiger partial charge is 0.276 e. The Morgan fingerprint density at radius 3 is 3.05 bits per heavy atom. The number of aryl methyl sites for hydroxylation is 1. The molecule has 22 heavy (non-hydrogen) atoms. The summed E-state index contributed by atoms with van der Waals surface area (Å²) in [4.78, 5) is 23.1. The first-order valence-electron chi connectivity index (χ1n) is 7.89. The molecule has 2 aliphatic rings. The van der Waals surface area contributed by atoms with Crippen molar-refractivity contribution in [3.63, 3.8) is 0 Å². The lowest BCUT2D eigenvalue weighted by molar-refractivity contribution is 0.0721. The molecule has 4 rings (SSSR count). The molecule has 0 bridgehead atoms. The largest absolute Gasteiger partial charge is 0.360 e. The maximum Gasteiger partial charge on any atom is 0.276 e. The van der Waals surface area contributed by atoms with Crippen LogP contribution in [0, 0.1) is 0 Å². The van der Waals surface area contributed by atoms with Crippen LogP contribution in [0.3, 0.4) is 0 Å². The molecule has 1 fully saturated rings. The quantitative estimate of drug-likeness (QED) is 0.850. The average molecular weight is 298 g/mol. The normalized spacial score (nSPS) is 20.9. The molecule has 0 saturated carbocycles. The molecule has 1 aliphatic heterocycles.